The summed E-state index contributed by atoms with van der Waals surface area (Å²) in [7, 11) is 2.19. The highest BCUT2D eigenvalue weighted by atomic mass is 16.5. The molecule has 6 heteroatoms. The number of nitrogens with zero attached hydrogens (tertiary/aromatic N) is 2. The number of rotatable bonds is 5. The predicted molar refractivity (Wildman–Crippen MR) is 155 cm³/mol. The van der Waals surface area contributed by atoms with E-state index in [9.17, 15) is 4.79 Å². The smallest absolute Gasteiger partial charge is 0.251 e. The van der Waals surface area contributed by atoms with Gasteiger partial charge in [-0.25, -0.2) is 0 Å². The van der Waals surface area contributed by atoms with Gasteiger partial charge in [0.15, 0.2) is 0 Å². The highest BCUT2D eigenvalue weighted by molar-refractivity contribution is 5.94. The molecule has 6 nitrogen and oxygen atoms in total. The number of carbonyl (C=O) groups excluding carboxylic acids is 1. The van der Waals surface area contributed by atoms with Gasteiger partial charge in [-0.05, 0) is 78.9 Å². The summed E-state index contributed by atoms with van der Waals surface area (Å²) in [6.07, 6.45) is 4.08. The third-order valence-electron chi connectivity index (χ3n) is 7.56. The molecule has 206 valence electrons. The number of amides is 1. The molecule has 0 spiro atoms. The van der Waals surface area contributed by atoms with Crippen molar-refractivity contribution in [3.8, 4) is 5.75 Å². The molecule has 1 amide bonds. The molecule has 2 aliphatic heterocycles. The van der Waals surface area contributed by atoms with E-state index in [0.717, 1.165) is 82.1 Å². The van der Waals surface area contributed by atoms with Crippen LogP contribution in [0.1, 0.15) is 57.4 Å². The normalized spacial score (nSPS) is 17.5. The van der Waals surface area contributed by atoms with Gasteiger partial charge in [0.2, 0.25) is 0 Å². The average Bonchev–Trinajstić information content (AvgIpc) is 2.95. The SMILES string of the molecule is CN1CCCCCOc2ccc(C(=O)NCc3cccc(CN4CCOCC4)c3)cc2Cc2cccc(c2)C1. The van der Waals surface area contributed by atoms with Crippen LogP contribution < -0.4 is 10.1 Å². The molecule has 3 aromatic rings. The second-order valence-electron chi connectivity index (χ2n) is 10.9. The van der Waals surface area contributed by atoms with Crippen LogP contribution in [0.4, 0.5) is 0 Å². The third kappa shape index (κ3) is 8.15. The molecule has 39 heavy (non-hydrogen) atoms. The lowest BCUT2D eigenvalue weighted by molar-refractivity contribution is 0.0342. The topological polar surface area (TPSA) is 54.0 Å². The van der Waals surface area contributed by atoms with Gasteiger partial charge in [-0.15, -0.1) is 0 Å². The Hall–Kier alpha value is -3.19. The van der Waals surface area contributed by atoms with Crippen LogP contribution in [0.15, 0.2) is 66.7 Å². The first-order valence-corrected chi connectivity index (χ1v) is 14.3. The van der Waals surface area contributed by atoms with Gasteiger partial charge in [0.1, 0.15) is 5.75 Å². The van der Waals surface area contributed by atoms with Crippen molar-refractivity contribution in [2.24, 2.45) is 0 Å². The number of morpholine rings is 1. The number of fused-ring (bicyclic) bond motifs is 3. The summed E-state index contributed by atoms with van der Waals surface area (Å²) < 4.78 is 11.7. The first kappa shape index (κ1) is 27.4. The Morgan fingerprint density at radius 1 is 0.846 bits per heavy atom. The van der Waals surface area contributed by atoms with Gasteiger partial charge in [-0.2, -0.15) is 0 Å². The lowest BCUT2D eigenvalue weighted by Crippen LogP contribution is -2.35. The van der Waals surface area contributed by atoms with Crippen LogP contribution in [0.2, 0.25) is 0 Å². The molecule has 0 unspecified atom stereocenters. The maximum Gasteiger partial charge on any atom is 0.251 e. The Morgan fingerprint density at radius 2 is 1.67 bits per heavy atom. The van der Waals surface area contributed by atoms with Crippen molar-refractivity contribution in [1.29, 1.82) is 0 Å². The van der Waals surface area contributed by atoms with Crippen molar-refractivity contribution in [3.63, 3.8) is 0 Å². The van der Waals surface area contributed by atoms with Crippen molar-refractivity contribution >= 4 is 5.91 Å². The van der Waals surface area contributed by atoms with E-state index in [0.29, 0.717) is 18.7 Å². The zero-order valence-corrected chi connectivity index (χ0v) is 23.2. The molecule has 0 radical (unpaired) electrons. The van der Waals surface area contributed by atoms with Crippen LogP contribution in [0.3, 0.4) is 0 Å². The van der Waals surface area contributed by atoms with Gasteiger partial charge in [0, 0.05) is 44.7 Å². The highest BCUT2D eigenvalue weighted by Gasteiger charge is 2.14. The molecule has 1 fully saturated rings. The van der Waals surface area contributed by atoms with Gasteiger partial charge in [0.25, 0.3) is 5.91 Å². The van der Waals surface area contributed by atoms with E-state index in [-0.39, 0.29) is 5.91 Å². The maximum absolute atomic E-state index is 13.2. The van der Waals surface area contributed by atoms with Crippen LogP contribution in [-0.4, -0.2) is 62.2 Å². The second kappa shape index (κ2) is 13.7. The minimum atomic E-state index is -0.0637. The summed E-state index contributed by atoms with van der Waals surface area (Å²) >= 11 is 0. The summed E-state index contributed by atoms with van der Waals surface area (Å²) in [6.45, 7) is 7.67. The zero-order chi connectivity index (χ0) is 26.9. The first-order valence-electron chi connectivity index (χ1n) is 14.3. The molecular formula is C33H41N3O3. The summed E-state index contributed by atoms with van der Waals surface area (Å²) in [6, 6.07) is 23.1. The maximum atomic E-state index is 13.2. The van der Waals surface area contributed by atoms with Crippen LogP contribution in [0.25, 0.3) is 0 Å². The Bertz CT molecular complexity index is 1240. The van der Waals surface area contributed by atoms with Crippen molar-refractivity contribution in [2.75, 3.05) is 46.5 Å². The third-order valence-corrected chi connectivity index (χ3v) is 7.56. The average molecular weight is 528 g/mol. The van der Waals surface area contributed by atoms with E-state index in [1.165, 1.54) is 23.1 Å². The fourth-order valence-electron chi connectivity index (χ4n) is 5.43. The molecule has 3 aromatic carbocycles. The van der Waals surface area contributed by atoms with Crippen molar-refractivity contribution in [3.05, 3.63) is 100 Å². The molecule has 0 atom stereocenters. The fraction of sp³-hybridized carbons (Fsp3) is 0.424. The molecule has 2 bridgehead atoms. The summed E-state index contributed by atoms with van der Waals surface area (Å²) in [4.78, 5) is 18.0. The molecule has 0 aliphatic carbocycles. The van der Waals surface area contributed by atoms with Crippen molar-refractivity contribution < 1.29 is 14.3 Å². The highest BCUT2D eigenvalue weighted by Crippen LogP contribution is 2.25. The van der Waals surface area contributed by atoms with E-state index in [1.54, 1.807) is 0 Å². The van der Waals surface area contributed by atoms with Gasteiger partial charge < -0.3 is 19.7 Å². The first-order chi connectivity index (χ1) is 19.1. The number of ether oxygens (including phenoxy) is 2. The lowest BCUT2D eigenvalue weighted by atomic mass is 9.99. The quantitative estimate of drug-likeness (QED) is 0.504. The second-order valence-corrected chi connectivity index (χ2v) is 10.9. The molecule has 2 aliphatic rings. The number of hydrogen-bond acceptors (Lipinski definition) is 5. The Morgan fingerprint density at radius 3 is 2.56 bits per heavy atom. The molecule has 1 saturated heterocycles. The van der Waals surface area contributed by atoms with E-state index in [2.05, 4.69) is 70.7 Å². The standard InChI is InChI=1S/C33H41N3O3/c1-35-13-3-2-4-16-39-32-12-11-30(22-31(32)21-26-7-5-9-28(19-26)24-35)33(37)34-23-27-8-6-10-29(20-27)25-36-14-17-38-18-15-36/h5-12,19-20,22H,2-4,13-18,21,23-25H2,1H3,(H,34,37). The monoisotopic (exact) mass is 527 g/mol. The number of hydrogen-bond donors (Lipinski definition) is 1. The Labute approximate surface area is 232 Å². The molecule has 0 aromatic heterocycles. The lowest BCUT2D eigenvalue weighted by Gasteiger charge is -2.26. The number of benzene rings is 3. The predicted octanol–water partition coefficient (Wildman–Crippen LogP) is 5.03. The van der Waals surface area contributed by atoms with E-state index < -0.39 is 0 Å². The summed E-state index contributed by atoms with van der Waals surface area (Å²) in [5.74, 6) is 0.813. The number of carbonyl (C=O) groups is 1. The molecule has 5 rings (SSSR count). The summed E-state index contributed by atoms with van der Waals surface area (Å²) in [5.41, 5.74) is 6.64. The minimum Gasteiger partial charge on any atom is -0.493 e. The molecule has 0 saturated carbocycles. The number of nitrogens with one attached hydrogen (secondary N) is 1. The van der Waals surface area contributed by atoms with Crippen LogP contribution >= 0.6 is 0 Å². The summed E-state index contributed by atoms with van der Waals surface area (Å²) in [5, 5.41) is 3.13. The molecule has 1 N–H and O–H groups in total. The Balaban J connectivity index is 1.27. The molecular weight excluding hydrogens is 486 g/mol. The van der Waals surface area contributed by atoms with E-state index in [4.69, 9.17) is 9.47 Å². The largest absolute Gasteiger partial charge is 0.493 e. The van der Waals surface area contributed by atoms with E-state index in [1.807, 2.05) is 18.2 Å². The molecule has 2 heterocycles. The van der Waals surface area contributed by atoms with Crippen LogP contribution in [0, 0.1) is 0 Å². The van der Waals surface area contributed by atoms with Gasteiger partial charge in [-0.1, -0.05) is 48.5 Å². The van der Waals surface area contributed by atoms with Crippen molar-refractivity contribution in [1.82, 2.24) is 15.1 Å². The van der Waals surface area contributed by atoms with Gasteiger partial charge >= 0.3 is 0 Å². The van der Waals surface area contributed by atoms with Crippen molar-refractivity contribution in [2.45, 2.75) is 45.3 Å². The minimum absolute atomic E-state index is 0.0637. The van der Waals surface area contributed by atoms with Crippen LogP contribution in [0.5, 0.6) is 5.75 Å². The van der Waals surface area contributed by atoms with Gasteiger partial charge in [0.05, 0.1) is 19.8 Å². The van der Waals surface area contributed by atoms with Crippen LogP contribution in [-0.2, 0) is 30.8 Å². The fourth-order valence-corrected chi connectivity index (χ4v) is 5.43. The zero-order valence-electron chi connectivity index (χ0n) is 23.2. The Kier molecular flexibility index (Phi) is 9.65. The van der Waals surface area contributed by atoms with E-state index >= 15 is 0 Å². The van der Waals surface area contributed by atoms with Gasteiger partial charge in [-0.3, -0.25) is 9.69 Å².